The molecule has 1 atom stereocenters. The lowest BCUT2D eigenvalue weighted by atomic mass is 10.2. The minimum Gasteiger partial charge on any atom is -0.438 e. The molecule has 1 aromatic heterocycles. The predicted octanol–water partition coefficient (Wildman–Crippen LogP) is 3.85. The first kappa shape index (κ1) is 26.3. The summed E-state index contributed by atoms with van der Waals surface area (Å²) in [6.07, 6.45) is 3.22. The van der Waals surface area contributed by atoms with E-state index in [2.05, 4.69) is 15.3 Å². The van der Waals surface area contributed by atoms with Gasteiger partial charge in [0.25, 0.3) is 5.91 Å². The summed E-state index contributed by atoms with van der Waals surface area (Å²) < 4.78 is 61.9. The first-order valence-corrected chi connectivity index (χ1v) is 11.9. The highest BCUT2D eigenvalue weighted by atomic mass is 32.2. The van der Waals surface area contributed by atoms with Crippen LogP contribution in [-0.2, 0) is 20.5 Å². The van der Waals surface area contributed by atoms with Crippen molar-refractivity contribution in [2.24, 2.45) is 0 Å². The van der Waals surface area contributed by atoms with Crippen LogP contribution in [0.3, 0.4) is 0 Å². The van der Waals surface area contributed by atoms with E-state index in [-0.39, 0.29) is 23.8 Å². The molecule has 180 valence electrons. The van der Waals surface area contributed by atoms with Crippen molar-refractivity contribution in [3.8, 4) is 11.6 Å². The number of para-hydroxylation sites is 1. The van der Waals surface area contributed by atoms with E-state index in [1.54, 1.807) is 51.1 Å². The van der Waals surface area contributed by atoms with Crippen LogP contribution in [0.2, 0.25) is 0 Å². The highest BCUT2D eigenvalue weighted by molar-refractivity contribution is 7.93. The Balaban J connectivity index is 2.38. The number of aromatic nitrogens is 2. The van der Waals surface area contributed by atoms with Gasteiger partial charge in [-0.2, -0.15) is 13.8 Å². The number of carbonyl (C=O) groups excluding carboxylic acids is 1. The molecule has 33 heavy (non-hydrogen) atoms. The summed E-state index contributed by atoms with van der Waals surface area (Å²) in [5, 5.41) is 3.55. The molecule has 0 aliphatic carbocycles. The molecule has 0 fully saturated rings. The molecule has 0 saturated carbocycles. The van der Waals surface area contributed by atoms with Crippen LogP contribution < -0.4 is 10.1 Å². The summed E-state index contributed by atoms with van der Waals surface area (Å²) in [5.41, 5.74) is -0.763. The molecule has 2 aromatic rings. The van der Waals surface area contributed by atoms with Gasteiger partial charge in [0, 0.05) is 24.8 Å². The Morgan fingerprint density at radius 1 is 1.18 bits per heavy atom. The summed E-state index contributed by atoms with van der Waals surface area (Å²) in [5.74, 6) is -5.01. The molecular formula is C22H27F2N3O5S. The molecule has 0 saturated heterocycles. The van der Waals surface area contributed by atoms with E-state index >= 15 is 0 Å². The number of benzene rings is 1. The van der Waals surface area contributed by atoms with Crippen LogP contribution in [0, 0.1) is 0 Å². The third kappa shape index (κ3) is 9.22. The number of rotatable bonds is 9. The Morgan fingerprint density at radius 2 is 1.82 bits per heavy atom. The number of hydrogen-bond acceptors (Lipinski definition) is 7. The Morgan fingerprint density at radius 3 is 2.36 bits per heavy atom. The fraction of sp³-hybridized carbons (Fsp3) is 0.409. The lowest BCUT2D eigenvalue weighted by Gasteiger charge is -2.24. The van der Waals surface area contributed by atoms with Crippen molar-refractivity contribution in [3.05, 3.63) is 59.4 Å². The van der Waals surface area contributed by atoms with Crippen molar-refractivity contribution in [2.45, 2.75) is 45.3 Å². The van der Waals surface area contributed by atoms with Gasteiger partial charge in [0.1, 0.15) is 11.3 Å². The SMILES string of the molecule is CC(C)(C)OCC(/C=C/S(C)(=O)=O)NC(=O)c1cnc(C(C)(F)F)nc1Oc1ccccc1. The van der Waals surface area contributed by atoms with E-state index in [4.69, 9.17) is 9.47 Å². The summed E-state index contributed by atoms with van der Waals surface area (Å²) in [4.78, 5) is 20.3. The zero-order valence-corrected chi connectivity index (χ0v) is 19.8. The number of carbonyl (C=O) groups is 1. The average molecular weight is 484 g/mol. The van der Waals surface area contributed by atoms with Crippen LogP contribution in [0.25, 0.3) is 0 Å². The lowest BCUT2D eigenvalue weighted by Crippen LogP contribution is -2.39. The molecule has 8 nitrogen and oxygen atoms in total. The fourth-order valence-electron chi connectivity index (χ4n) is 2.38. The number of nitrogens with zero attached hydrogens (tertiary/aromatic N) is 2. The summed E-state index contributed by atoms with van der Waals surface area (Å²) in [6.45, 7) is 5.99. The quantitative estimate of drug-likeness (QED) is 0.577. The topological polar surface area (TPSA) is 107 Å². The molecule has 0 aliphatic rings. The maximum absolute atomic E-state index is 13.8. The fourth-order valence-corrected chi connectivity index (χ4v) is 2.86. The highest BCUT2D eigenvalue weighted by Crippen LogP contribution is 2.29. The molecule has 0 aliphatic heterocycles. The number of ether oxygens (including phenoxy) is 2. The zero-order chi connectivity index (χ0) is 24.9. The monoisotopic (exact) mass is 483 g/mol. The molecular weight excluding hydrogens is 456 g/mol. The number of halogens is 2. The Kier molecular flexibility index (Phi) is 8.25. The van der Waals surface area contributed by atoms with Gasteiger partial charge in [-0.25, -0.2) is 13.4 Å². The Hall–Kier alpha value is -2.92. The van der Waals surface area contributed by atoms with E-state index < -0.39 is 39.1 Å². The second kappa shape index (κ2) is 10.3. The van der Waals surface area contributed by atoms with Gasteiger partial charge >= 0.3 is 5.92 Å². The molecule has 1 heterocycles. The van der Waals surface area contributed by atoms with Crippen molar-refractivity contribution in [3.63, 3.8) is 0 Å². The highest BCUT2D eigenvalue weighted by Gasteiger charge is 2.31. The zero-order valence-electron chi connectivity index (χ0n) is 19.0. The lowest BCUT2D eigenvalue weighted by molar-refractivity contribution is -0.00860. The van der Waals surface area contributed by atoms with Crippen molar-refractivity contribution < 1.29 is 31.5 Å². The minimum absolute atomic E-state index is 0.0396. The van der Waals surface area contributed by atoms with Gasteiger partial charge in [0.15, 0.2) is 9.84 Å². The van der Waals surface area contributed by atoms with Crippen LogP contribution in [-0.4, -0.2) is 48.8 Å². The summed E-state index contributed by atoms with van der Waals surface area (Å²) in [6, 6.07) is 7.37. The van der Waals surface area contributed by atoms with E-state index in [9.17, 15) is 22.0 Å². The number of nitrogens with one attached hydrogen (secondary N) is 1. The van der Waals surface area contributed by atoms with E-state index in [0.29, 0.717) is 6.92 Å². The Bertz CT molecular complexity index is 1100. The third-order valence-electron chi connectivity index (χ3n) is 3.92. The van der Waals surface area contributed by atoms with Crippen LogP contribution in [0.15, 0.2) is 48.0 Å². The number of alkyl halides is 2. The van der Waals surface area contributed by atoms with Gasteiger partial charge in [-0.15, -0.1) is 0 Å². The van der Waals surface area contributed by atoms with Gasteiger partial charge in [-0.3, -0.25) is 4.79 Å². The molecule has 0 bridgehead atoms. The van der Waals surface area contributed by atoms with Crippen molar-refractivity contribution in [2.75, 3.05) is 12.9 Å². The minimum atomic E-state index is -3.46. The van der Waals surface area contributed by atoms with E-state index in [1.807, 2.05) is 0 Å². The number of hydrogen-bond donors (Lipinski definition) is 1. The van der Waals surface area contributed by atoms with Gasteiger partial charge in [-0.05, 0) is 39.0 Å². The van der Waals surface area contributed by atoms with Crippen LogP contribution in [0.4, 0.5) is 8.78 Å². The molecule has 2 rings (SSSR count). The van der Waals surface area contributed by atoms with E-state index in [1.165, 1.54) is 6.08 Å². The molecule has 1 N–H and O–H groups in total. The van der Waals surface area contributed by atoms with Crippen LogP contribution in [0.1, 0.15) is 43.9 Å². The summed E-state index contributed by atoms with van der Waals surface area (Å²) in [7, 11) is -3.46. The predicted molar refractivity (Wildman–Crippen MR) is 119 cm³/mol. The first-order chi connectivity index (χ1) is 15.1. The molecule has 1 aromatic carbocycles. The molecule has 0 radical (unpaired) electrons. The van der Waals surface area contributed by atoms with Crippen molar-refractivity contribution >= 4 is 15.7 Å². The van der Waals surface area contributed by atoms with Crippen molar-refractivity contribution in [1.29, 1.82) is 0 Å². The molecule has 11 heteroatoms. The number of amides is 1. The van der Waals surface area contributed by atoms with E-state index in [0.717, 1.165) is 17.9 Å². The first-order valence-electron chi connectivity index (χ1n) is 9.95. The second-order valence-electron chi connectivity index (χ2n) is 8.38. The molecule has 0 spiro atoms. The van der Waals surface area contributed by atoms with Crippen molar-refractivity contribution in [1.82, 2.24) is 15.3 Å². The normalized spacial score (nSPS) is 13.7. The van der Waals surface area contributed by atoms with Crippen LogP contribution in [0.5, 0.6) is 11.6 Å². The van der Waals surface area contributed by atoms with Crippen LogP contribution >= 0.6 is 0 Å². The average Bonchev–Trinajstić information content (AvgIpc) is 2.68. The maximum atomic E-state index is 13.8. The van der Waals surface area contributed by atoms with Gasteiger partial charge in [-0.1, -0.05) is 18.2 Å². The third-order valence-corrected chi connectivity index (χ3v) is 4.57. The maximum Gasteiger partial charge on any atom is 0.303 e. The summed E-state index contributed by atoms with van der Waals surface area (Å²) >= 11 is 0. The van der Waals surface area contributed by atoms with Gasteiger partial charge in [0.05, 0.1) is 18.2 Å². The molecule has 1 amide bonds. The molecule has 1 unspecified atom stereocenters. The van der Waals surface area contributed by atoms with Gasteiger partial charge < -0.3 is 14.8 Å². The standard InChI is InChI=1S/C22H27F2N3O5S/c1-21(2,3)31-14-15(11-12-33(5,29)30)26-18(28)17-13-25-20(22(4,23)24)27-19(17)32-16-9-7-6-8-10-16/h6-13,15H,14H2,1-5H3,(H,26,28)/b12-11+. The second-order valence-corrected chi connectivity index (χ2v) is 10.3. The van der Waals surface area contributed by atoms with Gasteiger partial charge in [0.2, 0.25) is 11.7 Å². The smallest absolute Gasteiger partial charge is 0.303 e. The largest absolute Gasteiger partial charge is 0.438 e. The number of sulfone groups is 1. The Labute approximate surface area is 192 Å².